The molecule has 1 aliphatic rings. The number of alkyl carbamates (subject to hydrolysis) is 1. The molecule has 0 saturated heterocycles. The van der Waals surface area contributed by atoms with Gasteiger partial charge in [-0.25, -0.2) is 4.79 Å². The maximum Gasteiger partial charge on any atom is 0.422 e. The largest absolute Gasteiger partial charge is 0.462 e. The minimum atomic E-state index is -4.54. The number of alkyl halides is 3. The molecule has 0 atom stereocenters. The quantitative estimate of drug-likeness (QED) is 0.569. The van der Waals surface area contributed by atoms with Crippen LogP contribution in [0.3, 0.4) is 0 Å². The number of hydrogen-bond donors (Lipinski definition) is 1. The van der Waals surface area contributed by atoms with Crippen molar-refractivity contribution in [1.29, 1.82) is 0 Å². The Labute approximate surface area is 132 Å². The Bertz CT molecular complexity index is 381. The van der Waals surface area contributed by atoms with Gasteiger partial charge in [0.05, 0.1) is 0 Å². The first kappa shape index (κ1) is 19.5. The van der Waals surface area contributed by atoms with Crippen molar-refractivity contribution in [2.45, 2.75) is 56.8 Å². The number of ether oxygens (including phenoxy) is 3. The number of amides is 1. The van der Waals surface area contributed by atoms with Crippen LogP contribution in [0.25, 0.3) is 0 Å². The van der Waals surface area contributed by atoms with Crippen LogP contribution in [0.5, 0.6) is 0 Å². The molecule has 0 aromatic rings. The Morgan fingerprint density at radius 1 is 1.17 bits per heavy atom. The van der Waals surface area contributed by atoms with E-state index in [1.54, 1.807) is 7.11 Å². The van der Waals surface area contributed by atoms with E-state index in [0.29, 0.717) is 38.7 Å². The fourth-order valence-electron chi connectivity index (χ4n) is 2.29. The molecule has 0 heterocycles. The van der Waals surface area contributed by atoms with E-state index in [9.17, 15) is 22.8 Å². The molecule has 0 spiro atoms. The number of carbonyl (C=O) groups is 2. The SMILES string of the molecule is COCCCC(=O)OC1CCC(NC(=O)OCC(F)(F)F)CC1. The van der Waals surface area contributed by atoms with Crippen molar-refractivity contribution in [3.63, 3.8) is 0 Å². The maximum absolute atomic E-state index is 11.9. The van der Waals surface area contributed by atoms with E-state index in [-0.39, 0.29) is 24.5 Å². The molecule has 0 aliphatic heterocycles. The minimum absolute atomic E-state index is 0.214. The van der Waals surface area contributed by atoms with E-state index < -0.39 is 18.9 Å². The molecule has 134 valence electrons. The average molecular weight is 341 g/mol. The van der Waals surface area contributed by atoms with Crippen LogP contribution in [-0.2, 0) is 19.0 Å². The zero-order valence-electron chi connectivity index (χ0n) is 13.0. The molecule has 1 fully saturated rings. The molecule has 0 bridgehead atoms. The molecule has 1 rings (SSSR count). The summed E-state index contributed by atoms with van der Waals surface area (Å²) in [5.74, 6) is -0.289. The zero-order valence-corrected chi connectivity index (χ0v) is 13.0. The van der Waals surface area contributed by atoms with Gasteiger partial charge in [0, 0.05) is 26.2 Å². The van der Waals surface area contributed by atoms with E-state index in [0.717, 1.165) is 0 Å². The normalized spacial score (nSPS) is 21.6. The van der Waals surface area contributed by atoms with Gasteiger partial charge in [-0.2, -0.15) is 13.2 Å². The summed E-state index contributed by atoms with van der Waals surface area (Å²) in [6.07, 6.45) is -2.79. The second-order valence-electron chi connectivity index (χ2n) is 5.40. The number of methoxy groups -OCH3 is 1. The molecule has 1 amide bonds. The second-order valence-corrected chi connectivity index (χ2v) is 5.40. The molecule has 6 nitrogen and oxygen atoms in total. The number of nitrogens with one attached hydrogen (secondary N) is 1. The molecular formula is C14H22F3NO5. The predicted molar refractivity (Wildman–Crippen MR) is 73.8 cm³/mol. The number of carbonyl (C=O) groups excluding carboxylic acids is 2. The van der Waals surface area contributed by atoms with Gasteiger partial charge in [0.15, 0.2) is 6.61 Å². The van der Waals surface area contributed by atoms with E-state index in [1.165, 1.54) is 0 Å². The fraction of sp³-hybridized carbons (Fsp3) is 0.857. The van der Waals surface area contributed by atoms with E-state index >= 15 is 0 Å². The van der Waals surface area contributed by atoms with Gasteiger partial charge >= 0.3 is 18.2 Å². The molecular weight excluding hydrogens is 319 g/mol. The lowest BCUT2D eigenvalue weighted by Gasteiger charge is -2.28. The average Bonchev–Trinajstić information content (AvgIpc) is 2.47. The van der Waals surface area contributed by atoms with Crippen LogP contribution in [0.1, 0.15) is 38.5 Å². The minimum Gasteiger partial charge on any atom is -0.462 e. The third-order valence-corrected chi connectivity index (χ3v) is 3.39. The van der Waals surface area contributed by atoms with E-state index in [4.69, 9.17) is 9.47 Å². The molecule has 0 aromatic carbocycles. The van der Waals surface area contributed by atoms with Crippen molar-refractivity contribution < 1.29 is 37.0 Å². The first-order valence-corrected chi connectivity index (χ1v) is 7.48. The molecule has 9 heteroatoms. The Balaban J connectivity index is 2.17. The van der Waals surface area contributed by atoms with Gasteiger partial charge in [-0.15, -0.1) is 0 Å². The first-order chi connectivity index (χ1) is 10.8. The van der Waals surface area contributed by atoms with Gasteiger partial charge in [0.25, 0.3) is 0 Å². The van der Waals surface area contributed by atoms with Crippen LogP contribution >= 0.6 is 0 Å². The van der Waals surface area contributed by atoms with Gasteiger partial charge in [-0.05, 0) is 32.1 Å². The number of rotatable bonds is 7. The third-order valence-electron chi connectivity index (χ3n) is 3.39. The van der Waals surface area contributed by atoms with Crippen LogP contribution < -0.4 is 5.32 Å². The monoisotopic (exact) mass is 341 g/mol. The summed E-state index contributed by atoms with van der Waals surface area (Å²) in [7, 11) is 1.55. The summed E-state index contributed by atoms with van der Waals surface area (Å²) < 4.78 is 50.0. The Kier molecular flexibility index (Phi) is 8.15. The maximum atomic E-state index is 11.9. The molecule has 1 N–H and O–H groups in total. The van der Waals surface area contributed by atoms with Gasteiger partial charge in [0.1, 0.15) is 6.10 Å². The summed E-state index contributed by atoms with van der Waals surface area (Å²) in [5, 5.41) is 2.39. The van der Waals surface area contributed by atoms with Crippen molar-refractivity contribution in [2.24, 2.45) is 0 Å². The highest BCUT2D eigenvalue weighted by Crippen LogP contribution is 2.22. The summed E-state index contributed by atoms with van der Waals surface area (Å²) in [4.78, 5) is 22.8. The highest BCUT2D eigenvalue weighted by atomic mass is 19.4. The van der Waals surface area contributed by atoms with Crippen LogP contribution in [-0.4, -0.2) is 50.7 Å². The summed E-state index contributed by atoms with van der Waals surface area (Å²) in [6.45, 7) is -1.11. The van der Waals surface area contributed by atoms with Crippen molar-refractivity contribution in [3.8, 4) is 0 Å². The summed E-state index contributed by atoms with van der Waals surface area (Å²) in [6, 6.07) is -0.265. The van der Waals surface area contributed by atoms with Crippen molar-refractivity contribution in [3.05, 3.63) is 0 Å². The molecule has 0 radical (unpaired) electrons. The highest BCUT2D eigenvalue weighted by Gasteiger charge is 2.30. The van der Waals surface area contributed by atoms with Crippen molar-refractivity contribution >= 4 is 12.1 Å². The first-order valence-electron chi connectivity index (χ1n) is 7.48. The summed E-state index contributed by atoms with van der Waals surface area (Å²) in [5.41, 5.74) is 0. The van der Waals surface area contributed by atoms with Crippen molar-refractivity contribution in [2.75, 3.05) is 20.3 Å². The summed E-state index contributed by atoms with van der Waals surface area (Å²) >= 11 is 0. The van der Waals surface area contributed by atoms with Gasteiger partial charge < -0.3 is 19.5 Å². The van der Waals surface area contributed by atoms with Gasteiger partial charge in [0.2, 0.25) is 0 Å². The van der Waals surface area contributed by atoms with Gasteiger partial charge in [-0.3, -0.25) is 4.79 Å². The third kappa shape index (κ3) is 9.27. The second kappa shape index (κ2) is 9.59. The Morgan fingerprint density at radius 3 is 2.39 bits per heavy atom. The molecule has 0 aromatic heterocycles. The zero-order chi connectivity index (χ0) is 17.3. The molecule has 0 unspecified atom stereocenters. The standard InChI is InChI=1S/C14H22F3NO5/c1-21-8-2-3-12(19)23-11-6-4-10(5-7-11)18-13(20)22-9-14(15,16)17/h10-11H,2-9H2,1H3,(H,18,20). The van der Waals surface area contributed by atoms with Crippen molar-refractivity contribution in [1.82, 2.24) is 5.32 Å². The van der Waals surface area contributed by atoms with Crippen LogP contribution in [0.15, 0.2) is 0 Å². The highest BCUT2D eigenvalue weighted by molar-refractivity contribution is 5.69. The number of halogens is 3. The van der Waals surface area contributed by atoms with Crippen LogP contribution in [0, 0.1) is 0 Å². The lowest BCUT2D eigenvalue weighted by molar-refractivity contribution is -0.160. The van der Waals surface area contributed by atoms with E-state index in [2.05, 4.69) is 10.1 Å². The lowest BCUT2D eigenvalue weighted by atomic mass is 9.93. The van der Waals surface area contributed by atoms with Crippen LogP contribution in [0.2, 0.25) is 0 Å². The topological polar surface area (TPSA) is 73.9 Å². The smallest absolute Gasteiger partial charge is 0.422 e. The molecule has 23 heavy (non-hydrogen) atoms. The number of hydrogen-bond acceptors (Lipinski definition) is 5. The van der Waals surface area contributed by atoms with Crippen LogP contribution in [0.4, 0.5) is 18.0 Å². The fourth-order valence-corrected chi connectivity index (χ4v) is 2.29. The Morgan fingerprint density at radius 2 is 1.83 bits per heavy atom. The molecule has 1 saturated carbocycles. The predicted octanol–water partition coefficient (Wildman–Crippen LogP) is 2.56. The number of esters is 1. The van der Waals surface area contributed by atoms with Gasteiger partial charge in [-0.1, -0.05) is 0 Å². The lowest BCUT2D eigenvalue weighted by Crippen LogP contribution is -2.40. The van der Waals surface area contributed by atoms with E-state index in [1.807, 2.05) is 0 Å². The Hall–Kier alpha value is -1.51. The molecule has 1 aliphatic carbocycles.